The van der Waals surface area contributed by atoms with Crippen LogP contribution in [0.3, 0.4) is 0 Å². The molecule has 1 unspecified atom stereocenters. The molecule has 2 aromatic rings. The molecule has 0 saturated carbocycles. The molecule has 0 aliphatic heterocycles. The van der Waals surface area contributed by atoms with Gasteiger partial charge in [0.25, 0.3) is 11.8 Å². The van der Waals surface area contributed by atoms with Gasteiger partial charge in [0.05, 0.1) is 12.2 Å². The summed E-state index contributed by atoms with van der Waals surface area (Å²) < 4.78 is 5.82. The van der Waals surface area contributed by atoms with Gasteiger partial charge < -0.3 is 15.4 Å². The van der Waals surface area contributed by atoms with Crippen LogP contribution in [0.5, 0.6) is 5.75 Å². The number of carbonyl (C=O) groups is 2. The summed E-state index contributed by atoms with van der Waals surface area (Å²) in [7, 11) is 0. The van der Waals surface area contributed by atoms with Crippen molar-refractivity contribution >= 4 is 34.8 Å². The molecule has 1 atom stereocenters. The molecule has 0 heterocycles. The Morgan fingerprint density at radius 2 is 1.78 bits per heavy atom. The molecule has 2 amide bonds. The molecule has 172 valence electrons. The van der Waals surface area contributed by atoms with E-state index in [4.69, 9.17) is 17.0 Å². The molecule has 32 heavy (non-hydrogen) atoms. The SMILES string of the molecule is CCCCCCOc1ccccc1C(=O)NC(=S)Nc1cccc(C(=O)NC(C)CC)c1. The summed E-state index contributed by atoms with van der Waals surface area (Å²) in [5.74, 6) is 0.0355. The third-order valence-corrected chi connectivity index (χ3v) is 5.19. The molecule has 7 heteroatoms. The minimum absolute atomic E-state index is 0.0911. The lowest BCUT2D eigenvalue weighted by molar-refractivity contribution is 0.0937. The van der Waals surface area contributed by atoms with Gasteiger partial charge in [-0.05, 0) is 62.3 Å². The Morgan fingerprint density at radius 3 is 2.53 bits per heavy atom. The maximum absolute atomic E-state index is 12.7. The summed E-state index contributed by atoms with van der Waals surface area (Å²) in [6, 6.07) is 14.2. The molecule has 0 bridgehead atoms. The van der Waals surface area contributed by atoms with Gasteiger partial charge in [-0.25, -0.2) is 0 Å². The van der Waals surface area contributed by atoms with E-state index in [2.05, 4.69) is 22.9 Å². The number of hydrogen-bond donors (Lipinski definition) is 3. The van der Waals surface area contributed by atoms with Gasteiger partial charge in [-0.1, -0.05) is 51.3 Å². The van der Waals surface area contributed by atoms with Crippen LogP contribution in [0, 0.1) is 0 Å². The molecule has 0 fully saturated rings. The quantitative estimate of drug-likeness (QED) is 0.316. The number of rotatable bonds is 11. The van der Waals surface area contributed by atoms with Crippen LogP contribution >= 0.6 is 12.2 Å². The highest BCUT2D eigenvalue weighted by Gasteiger charge is 2.14. The first-order chi connectivity index (χ1) is 15.4. The highest BCUT2D eigenvalue weighted by Crippen LogP contribution is 2.19. The zero-order valence-electron chi connectivity index (χ0n) is 19.1. The van der Waals surface area contributed by atoms with E-state index in [0.717, 1.165) is 25.7 Å². The Bertz CT molecular complexity index is 917. The van der Waals surface area contributed by atoms with Crippen molar-refractivity contribution in [2.75, 3.05) is 11.9 Å². The maximum Gasteiger partial charge on any atom is 0.261 e. The molecule has 0 aliphatic rings. The first-order valence-electron chi connectivity index (χ1n) is 11.2. The van der Waals surface area contributed by atoms with Crippen LogP contribution in [0.2, 0.25) is 0 Å². The summed E-state index contributed by atoms with van der Waals surface area (Å²) in [5.41, 5.74) is 1.56. The van der Waals surface area contributed by atoms with Crippen molar-refractivity contribution in [2.45, 2.75) is 58.9 Å². The van der Waals surface area contributed by atoms with Crippen LogP contribution in [0.4, 0.5) is 5.69 Å². The van der Waals surface area contributed by atoms with Crippen molar-refractivity contribution in [1.29, 1.82) is 0 Å². The fourth-order valence-electron chi connectivity index (χ4n) is 2.97. The van der Waals surface area contributed by atoms with Crippen LogP contribution in [0.15, 0.2) is 48.5 Å². The van der Waals surface area contributed by atoms with Gasteiger partial charge in [-0.3, -0.25) is 14.9 Å². The van der Waals surface area contributed by atoms with Gasteiger partial charge in [0.1, 0.15) is 5.75 Å². The second kappa shape index (κ2) is 13.5. The van der Waals surface area contributed by atoms with Crippen molar-refractivity contribution in [1.82, 2.24) is 10.6 Å². The van der Waals surface area contributed by atoms with Crippen LogP contribution in [0.25, 0.3) is 0 Å². The predicted octanol–water partition coefficient (Wildman–Crippen LogP) is 5.30. The monoisotopic (exact) mass is 455 g/mol. The molecule has 0 spiro atoms. The molecule has 0 saturated heterocycles. The fourth-order valence-corrected chi connectivity index (χ4v) is 3.18. The van der Waals surface area contributed by atoms with Crippen molar-refractivity contribution in [3.8, 4) is 5.75 Å². The number of amides is 2. The van der Waals surface area contributed by atoms with E-state index < -0.39 is 0 Å². The number of carbonyl (C=O) groups excluding carboxylic acids is 2. The lowest BCUT2D eigenvalue weighted by Crippen LogP contribution is -2.34. The Labute approximate surface area is 196 Å². The second-order valence-corrected chi connectivity index (χ2v) is 8.09. The Hall–Kier alpha value is -2.93. The highest BCUT2D eigenvalue weighted by atomic mass is 32.1. The molecular weight excluding hydrogens is 422 g/mol. The molecule has 6 nitrogen and oxygen atoms in total. The van der Waals surface area contributed by atoms with Crippen molar-refractivity contribution in [2.24, 2.45) is 0 Å². The molecule has 0 aliphatic carbocycles. The number of hydrogen-bond acceptors (Lipinski definition) is 4. The number of ether oxygens (including phenoxy) is 1. The molecule has 3 N–H and O–H groups in total. The van der Waals surface area contributed by atoms with Gasteiger partial charge in [0.15, 0.2) is 5.11 Å². The summed E-state index contributed by atoms with van der Waals surface area (Å²) in [6.07, 6.45) is 5.24. The van der Waals surface area contributed by atoms with E-state index in [9.17, 15) is 9.59 Å². The fraction of sp³-hybridized carbons (Fsp3) is 0.400. The minimum atomic E-state index is -0.350. The first kappa shape index (κ1) is 25.3. The molecule has 0 aromatic heterocycles. The standard InChI is InChI=1S/C25H33N3O3S/c1-4-6-7-10-16-31-22-15-9-8-14-21(22)24(30)28-25(32)27-20-13-11-12-19(17-20)23(29)26-18(3)5-2/h8-9,11-15,17-18H,4-7,10,16H2,1-3H3,(H,26,29)(H2,27,28,30,32). The molecule has 2 aromatic carbocycles. The lowest BCUT2D eigenvalue weighted by atomic mass is 10.1. The van der Waals surface area contributed by atoms with Crippen LogP contribution < -0.4 is 20.7 Å². The van der Waals surface area contributed by atoms with Crippen molar-refractivity contribution < 1.29 is 14.3 Å². The molecule has 0 radical (unpaired) electrons. The zero-order valence-corrected chi connectivity index (χ0v) is 19.9. The van der Waals surface area contributed by atoms with E-state index >= 15 is 0 Å². The number of thiocarbonyl (C=S) groups is 1. The summed E-state index contributed by atoms with van der Waals surface area (Å²) >= 11 is 5.30. The third kappa shape index (κ3) is 8.30. The largest absolute Gasteiger partial charge is 0.493 e. The average molecular weight is 456 g/mol. The maximum atomic E-state index is 12.7. The first-order valence-corrected chi connectivity index (χ1v) is 11.6. The summed E-state index contributed by atoms with van der Waals surface area (Å²) in [5, 5.41) is 8.73. The summed E-state index contributed by atoms with van der Waals surface area (Å²) in [6.45, 7) is 6.70. The van der Waals surface area contributed by atoms with Crippen LogP contribution in [-0.2, 0) is 0 Å². The number of para-hydroxylation sites is 1. The van der Waals surface area contributed by atoms with Crippen LogP contribution in [-0.4, -0.2) is 29.6 Å². The Kier molecular flexibility index (Phi) is 10.7. The van der Waals surface area contributed by atoms with Gasteiger partial charge in [-0.15, -0.1) is 0 Å². The van der Waals surface area contributed by atoms with E-state index in [1.54, 1.807) is 42.5 Å². The number of anilines is 1. The van der Waals surface area contributed by atoms with E-state index in [1.807, 2.05) is 19.9 Å². The summed E-state index contributed by atoms with van der Waals surface area (Å²) in [4.78, 5) is 25.1. The normalized spacial score (nSPS) is 11.3. The Balaban J connectivity index is 1.95. The number of benzene rings is 2. The number of nitrogens with one attached hydrogen (secondary N) is 3. The van der Waals surface area contributed by atoms with Gasteiger partial charge in [0, 0.05) is 17.3 Å². The second-order valence-electron chi connectivity index (χ2n) is 7.68. The lowest BCUT2D eigenvalue weighted by Gasteiger charge is -2.14. The van der Waals surface area contributed by atoms with E-state index in [-0.39, 0.29) is 23.0 Å². The van der Waals surface area contributed by atoms with Crippen LogP contribution in [0.1, 0.15) is 73.6 Å². The van der Waals surface area contributed by atoms with Gasteiger partial charge >= 0.3 is 0 Å². The predicted molar refractivity (Wildman–Crippen MR) is 133 cm³/mol. The smallest absolute Gasteiger partial charge is 0.261 e. The number of unbranched alkanes of at least 4 members (excludes halogenated alkanes) is 3. The van der Waals surface area contributed by atoms with Gasteiger partial charge in [0.2, 0.25) is 0 Å². The van der Waals surface area contributed by atoms with Crippen molar-refractivity contribution in [3.05, 3.63) is 59.7 Å². The highest BCUT2D eigenvalue weighted by molar-refractivity contribution is 7.80. The molecule has 2 rings (SSSR count). The van der Waals surface area contributed by atoms with E-state index in [1.165, 1.54) is 6.42 Å². The van der Waals surface area contributed by atoms with E-state index in [0.29, 0.717) is 29.2 Å². The van der Waals surface area contributed by atoms with Crippen molar-refractivity contribution in [3.63, 3.8) is 0 Å². The zero-order chi connectivity index (χ0) is 23.3. The Morgan fingerprint density at radius 1 is 1.00 bits per heavy atom. The third-order valence-electron chi connectivity index (χ3n) is 4.99. The average Bonchev–Trinajstić information content (AvgIpc) is 2.79. The minimum Gasteiger partial charge on any atom is -0.493 e. The van der Waals surface area contributed by atoms with Gasteiger partial charge in [-0.2, -0.15) is 0 Å². The topological polar surface area (TPSA) is 79.5 Å². The molecular formula is C25H33N3O3S.